The lowest BCUT2D eigenvalue weighted by atomic mass is 10.0. The molecule has 0 spiro atoms. The molecule has 0 radical (unpaired) electrons. The van der Waals surface area contributed by atoms with Crippen LogP contribution in [0.3, 0.4) is 0 Å². The molecule has 0 saturated carbocycles. The SMILES string of the molecule is COC(C(=O)N1C(=O)OCC1c1ccccc1)C1OC(=CCCOCCOCCO)C=CC1=O. The summed E-state index contributed by atoms with van der Waals surface area (Å²) in [4.78, 5) is 39.2. The number of allylic oxidation sites excluding steroid dienone is 1. The van der Waals surface area contributed by atoms with Crippen molar-refractivity contribution in [2.75, 3.05) is 46.8 Å². The summed E-state index contributed by atoms with van der Waals surface area (Å²) < 4.78 is 26.7. The summed E-state index contributed by atoms with van der Waals surface area (Å²) in [6, 6.07) is 8.40. The molecule has 1 aromatic rings. The summed E-state index contributed by atoms with van der Waals surface area (Å²) >= 11 is 0. The molecule has 2 amide bonds. The third kappa shape index (κ3) is 6.51. The Hall–Kier alpha value is -3.05. The maximum Gasteiger partial charge on any atom is 0.417 e. The van der Waals surface area contributed by atoms with Gasteiger partial charge in [-0.05, 0) is 30.2 Å². The van der Waals surface area contributed by atoms with Crippen molar-refractivity contribution in [3.05, 3.63) is 59.9 Å². The lowest BCUT2D eigenvalue weighted by Gasteiger charge is -2.30. The second kappa shape index (κ2) is 13.0. The zero-order valence-corrected chi connectivity index (χ0v) is 19.0. The van der Waals surface area contributed by atoms with Gasteiger partial charge in [0, 0.05) is 7.11 Å². The van der Waals surface area contributed by atoms with Crippen LogP contribution in [0.25, 0.3) is 0 Å². The molecule has 0 aliphatic carbocycles. The smallest absolute Gasteiger partial charge is 0.417 e. The number of hydrogen-bond donors (Lipinski definition) is 1. The Bertz CT molecular complexity index is 899. The predicted octanol–water partition coefficient (Wildman–Crippen LogP) is 1.55. The molecular formula is C24H29NO9. The highest BCUT2D eigenvalue weighted by Crippen LogP contribution is 2.30. The maximum atomic E-state index is 13.3. The minimum Gasteiger partial charge on any atom is -0.479 e. The van der Waals surface area contributed by atoms with Gasteiger partial charge in [0.2, 0.25) is 0 Å². The third-order valence-electron chi connectivity index (χ3n) is 5.24. The van der Waals surface area contributed by atoms with Crippen LogP contribution in [-0.2, 0) is 33.3 Å². The number of methoxy groups -OCH3 is 1. The van der Waals surface area contributed by atoms with E-state index in [0.29, 0.717) is 32.0 Å². The Morgan fingerprint density at radius 3 is 2.59 bits per heavy atom. The van der Waals surface area contributed by atoms with E-state index in [1.807, 2.05) is 6.07 Å². The molecule has 2 aliphatic heterocycles. The van der Waals surface area contributed by atoms with Crippen molar-refractivity contribution < 1.29 is 43.2 Å². The Kier molecular flexibility index (Phi) is 9.77. The van der Waals surface area contributed by atoms with Crippen molar-refractivity contribution in [2.45, 2.75) is 24.7 Å². The lowest BCUT2D eigenvalue weighted by Crippen LogP contribution is -2.51. The maximum absolute atomic E-state index is 13.3. The summed E-state index contributed by atoms with van der Waals surface area (Å²) in [7, 11) is 1.28. The molecule has 34 heavy (non-hydrogen) atoms. The molecule has 3 unspecified atom stereocenters. The van der Waals surface area contributed by atoms with Gasteiger partial charge < -0.3 is 28.8 Å². The van der Waals surface area contributed by atoms with Gasteiger partial charge in [-0.1, -0.05) is 30.3 Å². The van der Waals surface area contributed by atoms with Crippen LogP contribution in [0.5, 0.6) is 0 Å². The van der Waals surface area contributed by atoms with Gasteiger partial charge in [0.15, 0.2) is 18.0 Å². The van der Waals surface area contributed by atoms with E-state index in [-0.39, 0.29) is 19.8 Å². The number of benzene rings is 1. The molecule has 0 aromatic heterocycles. The fourth-order valence-electron chi connectivity index (χ4n) is 3.58. The standard InChI is InChI=1S/C24H29NO9/c1-30-22(23(28)25-19(16-33-24(25)29)17-6-3-2-4-7-17)21-20(27)10-9-18(34-21)8-5-12-31-14-15-32-13-11-26/h2-4,6-10,19,21-22,26H,5,11-16H2,1H3. The Balaban J connectivity index is 1.62. The van der Waals surface area contributed by atoms with Gasteiger partial charge in [-0.2, -0.15) is 0 Å². The van der Waals surface area contributed by atoms with Crippen LogP contribution in [0.2, 0.25) is 0 Å². The average molecular weight is 475 g/mol. The molecule has 10 heteroatoms. The van der Waals surface area contributed by atoms with Gasteiger partial charge in [0.25, 0.3) is 5.91 Å². The van der Waals surface area contributed by atoms with Gasteiger partial charge in [0.05, 0.1) is 33.0 Å². The number of aliphatic hydroxyl groups excluding tert-OH is 1. The quantitative estimate of drug-likeness (QED) is 0.449. The van der Waals surface area contributed by atoms with Gasteiger partial charge in [-0.3, -0.25) is 9.59 Å². The summed E-state index contributed by atoms with van der Waals surface area (Å²) in [6.45, 7) is 1.41. The molecule has 3 rings (SSSR count). The number of ether oxygens (including phenoxy) is 5. The number of ketones is 1. The van der Waals surface area contributed by atoms with Crippen molar-refractivity contribution in [1.29, 1.82) is 0 Å². The Labute approximate surface area is 197 Å². The first-order valence-corrected chi connectivity index (χ1v) is 11.0. The van der Waals surface area contributed by atoms with Crippen molar-refractivity contribution in [2.24, 2.45) is 0 Å². The number of amides is 2. The average Bonchev–Trinajstić information content (AvgIpc) is 3.24. The molecule has 2 aliphatic rings. The van der Waals surface area contributed by atoms with Crippen LogP contribution in [0.15, 0.2) is 54.3 Å². The number of rotatable bonds is 12. The highest BCUT2D eigenvalue weighted by Gasteiger charge is 2.46. The van der Waals surface area contributed by atoms with E-state index >= 15 is 0 Å². The molecular weight excluding hydrogens is 446 g/mol. The van der Waals surface area contributed by atoms with E-state index in [0.717, 1.165) is 10.5 Å². The highest BCUT2D eigenvalue weighted by molar-refractivity contribution is 6.03. The molecule has 3 atom stereocenters. The normalized spacial score (nSPS) is 22.1. The second-order valence-corrected chi connectivity index (χ2v) is 7.49. The molecule has 1 N–H and O–H groups in total. The summed E-state index contributed by atoms with van der Waals surface area (Å²) in [6.07, 6.45) is 1.69. The predicted molar refractivity (Wildman–Crippen MR) is 119 cm³/mol. The van der Waals surface area contributed by atoms with Gasteiger partial charge in [0.1, 0.15) is 18.4 Å². The first-order chi connectivity index (χ1) is 16.6. The number of imide groups is 1. The largest absolute Gasteiger partial charge is 0.479 e. The fourth-order valence-corrected chi connectivity index (χ4v) is 3.58. The molecule has 1 fully saturated rings. The number of carbonyl (C=O) groups excluding carboxylic acids is 3. The third-order valence-corrected chi connectivity index (χ3v) is 5.24. The van der Waals surface area contributed by atoms with Gasteiger partial charge in [-0.25, -0.2) is 9.69 Å². The van der Waals surface area contributed by atoms with E-state index in [2.05, 4.69) is 0 Å². The summed E-state index contributed by atoms with van der Waals surface area (Å²) in [5.74, 6) is -0.764. The van der Waals surface area contributed by atoms with Crippen molar-refractivity contribution in [3.8, 4) is 0 Å². The monoisotopic (exact) mass is 475 g/mol. The molecule has 1 aromatic carbocycles. The van der Waals surface area contributed by atoms with Gasteiger partial charge in [-0.15, -0.1) is 0 Å². The number of cyclic esters (lactones) is 1. The molecule has 2 heterocycles. The molecule has 10 nitrogen and oxygen atoms in total. The van der Waals surface area contributed by atoms with E-state index < -0.39 is 36.0 Å². The van der Waals surface area contributed by atoms with Crippen LogP contribution >= 0.6 is 0 Å². The van der Waals surface area contributed by atoms with E-state index in [1.54, 1.807) is 30.3 Å². The van der Waals surface area contributed by atoms with Crippen LogP contribution in [0, 0.1) is 0 Å². The van der Waals surface area contributed by atoms with Crippen LogP contribution in [0.1, 0.15) is 18.0 Å². The number of aliphatic hydroxyl groups is 1. The van der Waals surface area contributed by atoms with E-state index in [4.69, 9.17) is 28.8 Å². The Morgan fingerprint density at radius 2 is 1.88 bits per heavy atom. The van der Waals surface area contributed by atoms with Crippen molar-refractivity contribution in [1.82, 2.24) is 4.90 Å². The highest BCUT2D eigenvalue weighted by atomic mass is 16.6. The van der Waals surface area contributed by atoms with Gasteiger partial charge >= 0.3 is 6.09 Å². The number of carbonyl (C=O) groups is 3. The second-order valence-electron chi connectivity index (χ2n) is 7.49. The molecule has 1 saturated heterocycles. The summed E-state index contributed by atoms with van der Waals surface area (Å²) in [5, 5.41) is 8.65. The van der Waals surface area contributed by atoms with E-state index in [1.165, 1.54) is 19.3 Å². The topological polar surface area (TPSA) is 121 Å². The summed E-state index contributed by atoms with van der Waals surface area (Å²) in [5.41, 5.74) is 0.731. The zero-order valence-electron chi connectivity index (χ0n) is 19.0. The van der Waals surface area contributed by atoms with Crippen LogP contribution < -0.4 is 0 Å². The van der Waals surface area contributed by atoms with E-state index in [9.17, 15) is 14.4 Å². The Morgan fingerprint density at radius 1 is 1.15 bits per heavy atom. The first kappa shape index (κ1) is 25.6. The molecule has 184 valence electrons. The lowest BCUT2D eigenvalue weighted by molar-refractivity contribution is -0.153. The van der Waals surface area contributed by atoms with Crippen LogP contribution in [-0.4, -0.2) is 86.7 Å². The van der Waals surface area contributed by atoms with Crippen molar-refractivity contribution in [3.63, 3.8) is 0 Å². The first-order valence-electron chi connectivity index (χ1n) is 11.0. The number of nitrogens with zero attached hydrogens (tertiary/aromatic N) is 1. The van der Waals surface area contributed by atoms with Crippen molar-refractivity contribution >= 4 is 17.8 Å². The van der Waals surface area contributed by atoms with Crippen LogP contribution in [0.4, 0.5) is 4.79 Å². The number of hydrogen-bond acceptors (Lipinski definition) is 9. The fraction of sp³-hybridized carbons (Fsp3) is 0.458. The molecule has 0 bridgehead atoms. The zero-order chi connectivity index (χ0) is 24.3. The minimum absolute atomic E-state index is 0.0145. The minimum atomic E-state index is -1.34.